The Hall–Kier alpha value is -0.330. The monoisotopic (exact) mass is 150 g/mol. The van der Waals surface area contributed by atoms with E-state index in [4.69, 9.17) is 0 Å². The second kappa shape index (κ2) is 1.55. The second-order valence-electron chi connectivity index (χ2n) is 4.91. The van der Waals surface area contributed by atoms with Crippen molar-refractivity contribution >= 4 is 5.78 Å². The largest absolute Gasteiger partial charge is 0.299 e. The predicted octanol–water partition coefficient (Wildman–Crippen LogP) is 2.30. The van der Waals surface area contributed by atoms with Gasteiger partial charge in [-0.25, -0.2) is 0 Å². The molecule has 0 aromatic rings. The third-order valence-corrected chi connectivity index (χ3v) is 4.26. The molecule has 0 unspecified atom stereocenters. The van der Waals surface area contributed by atoms with Gasteiger partial charge in [-0.2, -0.15) is 0 Å². The van der Waals surface area contributed by atoms with Gasteiger partial charge in [-0.15, -0.1) is 0 Å². The predicted molar refractivity (Wildman–Crippen MR) is 42.2 cm³/mol. The minimum atomic E-state index is 0.250. The van der Waals surface area contributed by atoms with E-state index in [0.717, 1.165) is 6.42 Å². The summed E-state index contributed by atoms with van der Waals surface area (Å²) >= 11 is 0. The Bertz CT molecular complexity index is 217. The van der Waals surface area contributed by atoms with E-state index in [1.54, 1.807) is 0 Å². The fourth-order valence-corrected chi connectivity index (χ4v) is 3.37. The molecule has 0 atom stereocenters. The highest BCUT2D eigenvalue weighted by Crippen LogP contribution is 2.69. The average Bonchev–Trinajstić information content (AvgIpc) is 1.79. The van der Waals surface area contributed by atoms with E-state index in [-0.39, 0.29) is 5.41 Å². The number of ketones is 1. The highest BCUT2D eigenvalue weighted by atomic mass is 16.1. The summed E-state index contributed by atoms with van der Waals surface area (Å²) in [5, 5.41) is 0. The molecule has 0 aliphatic heterocycles. The van der Waals surface area contributed by atoms with Crippen LogP contribution in [-0.2, 0) is 4.79 Å². The van der Waals surface area contributed by atoms with Crippen LogP contribution in [0, 0.1) is 10.8 Å². The van der Waals surface area contributed by atoms with Crippen LogP contribution in [0.2, 0.25) is 0 Å². The molecule has 1 nitrogen and oxygen atoms in total. The van der Waals surface area contributed by atoms with Crippen LogP contribution in [0.1, 0.15) is 44.9 Å². The van der Waals surface area contributed by atoms with Crippen molar-refractivity contribution in [2.45, 2.75) is 44.9 Å². The number of carbonyl (C=O) groups excluding carboxylic acids is 1. The number of rotatable bonds is 0. The zero-order chi connectivity index (χ0) is 7.53. The summed E-state index contributed by atoms with van der Waals surface area (Å²) in [4.78, 5) is 11.3. The molecule has 3 saturated carbocycles. The molecule has 0 aromatic carbocycles. The molecule has 1 heteroatoms. The molecule has 0 saturated heterocycles. The van der Waals surface area contributed by atoms with Gasteiger partial charge in [0.05, 0.1) is 0 Å². The molecule has 0 amide bonds. The van der Waals surface area contributed by atoms with Crippen molar-refractivity contribution in [3.63, 3.8) is 0 Å². The van der Waals surface area contributed by atoms with Crippen molar-refractivity contribution in [2.24, 2.45) is 10.8 Å². The van der Waals surface area contributed by atoms with Crippen LogP contribution in [0.15, 0.2) is 0 Å². The highest BCUT2D eigenvalue weighted by Gasteiger charge is 2.63. The van der Waals surface area contributed by atoms with Crippen molar-refractivity contribution in [3.8, 4) is 0 Å². The zero-order valence-corrected chi connectivity index (χ0v) is 6.86. The minimum absolute atomic E-state index is 0.250. The molecule has 11 heavy (non-hydrogen) atoms. The molecular weight excluding hydrogens is 136 g/mol. The number of carbonyl (C=O) groups is 1. The van der Waals surface area contributed by atoms with Crippen molar-refractivity contribution in [2.75, 3.05) is 0 Å². The van der Waals surface area contributed by atoms with E-state index in [1.165, 1.54) is 38.5 Å². The highest BCUT2D eigenvalue weighted by molar-refractivity contribution is 5.91. The first kappa shape index (κ1) is 6.22. The Kier molecular flexibility index (Phi) is 0.875. The standard InChI is InChI=1S/C10H14O/c11-8-2-5-10(8)6-9(7-10)3-1-4-9/h1-7H2. The van der Waals surface area contributed by atoms with Crippen LogP contribution >= 0.6 is 0 Å². The number of hydrogen-bond acceptors (Lipinski definition) is 1. The Morgan fingerprint density at radius 3 is 2.09 bits per heavy atom. The van der Waals surface area contributed by atoms with Crippen LogP contribution in [0.5, 0.6) is 0 Å². The lowest BCUT2D eigenvalue weighted by molar-refractivity contribution is -0.171. The van der Waals surface area contributed by atoms with E-state index >= 15 is 0 Å². The van der Waals surface area contributed by atoms with Gasteiger partial charge in [0, 0.05) is 11.8 Å². The van der Waals surface area contributed by atoms with E-state index < -0.39 is 0 Å². The smallest absolute Gasteiger partial charge is 0.139 e. The molecule has 0 bridgehead atoms. The molecule has 3 aliphatic carbocycles. The van der Waals surface area contributed by atoms with Crippen LogP contribution in [0.4, 0.5) is 0 Å². The molecule has 0 aromatic heterocycles. The van der Waals surface area contributed by atoms with E-state index in [0.29, 0.717) is 11.2 Å². The van der Waals surface area contributed by atoms with Crippen molar-refractivity contribution in [3.05, 3.63) is 0 Å². The zero-order valence-electron chi connectivity index (χ0n) is 6.86. The SMILES string of the molecule is O=C1CCC12CC1(CCC1)C2. The first-order valence-electron chi connectivity index (χ1n) is 4.78. The molecule has 3 fully saturated rings. The van der Waals surface area contributed by atoms with Gasteiger partial charge >= 0.3 is 0 Å². The fourth-order valence-electron chi connectivity index (χ4n) is 3.37. The maximum absolute atomic E-state index is 11.3. The third-order valence-electron chi connectivity index (χ3n) is 4.26. The number of Topliss-reactive ketones (excluding diaryl/α,β-unsaturated/α-hetero) is 1. The summed E-state index contributed by atoms with van der Waals surface area (Å²) in [6.07, 6.45) is 8.88. The van der Waals surface area contributed by atoms with Gasteiger partial charge in [0.25, 0.3) is 0 Å². The van der Waals surface area contributed by atoms with E-state index in [1.807, 2.05) is 0 Å². The van der Waals surface area contributed by atoms with Crippen LogP contribution in [0.25, 0.3) is 0 Å². The Morgan fingerprint density at radius 1 is 1.09 bits per heavy atom. The van der Waals surface area contributed by atoms with E-state index in [9.17, 15) is 4.79 Å². The van der Waals surface area contributed by atoms with Gasteiger partial charge in [0.15, 0.2) is 0 Å². The molecule has 2 spiro atoms. The fraction of sp³-hybridized carbons (Fsp3) is 0.900. The maximum atomic E-state index is 11.3. The summed E-state index contributed by atoms with van der Waals surface area (Å²) in [5.41, 5.74) is 0.941. The Morgan fingerprint density at radius 2 is 1.82 bits per heavy atom. The first-order valence-corrected chi connectivity index (χ1v) is 4.78. The topological polar surface area (TPSA) is 17.1 Å². The average molecular weight is 150 g/mol. The summed E-state index contributed by atoms with van der Waals surface area (Å²) in [6, 6.07) is 0. The maximum Gasteiger partial charge on any atom is 0.139 e. The summed E-state index contributed by atoms with van der Waals surface area (Å²) in [7, 11) is 0. The van der Waals surface area contributed by atoms with E-state index in [2.05, 4.69) is 0 Å². The number of hydrogen-bond donors (Lipinski definition) is 0. The van der Waals surface area contributed by atoms with Crippen molar-refractivity contribution in [1.82, 2.24) is 0 Å². The van der Waals surface area contributed by atoms with Gasteiger partial charge in [-0.3, -0.25) is 4.79 Å². The van der Waals surface area contributed by atoms with Crippen molar-refractivity contribution < 1.29 is 4.79 Å². The van der Waals surface area contributed by atoms with Crippen LogP contribution < -0.4 is 0 Å². The lowest BCUT2D eigenvalue weighted by Crippen LogP contribution is -2.58. The first-order chi connectivity index (χ1) is 5.25. The molecule has 3 aliphatic rings. The van der Waals surface area contributed by atoms with Crippen LogP contribution in [-0.4, -0.2) is 5.78 Å². The molecule has 0 N–H and O–H groups in total. The third kappa shape index (κ3) is 0.567. The summed E-state index contributed by atoms with van der Waals surface area (Å²) in [5.74, 6) is 0.579. The Balaban J connectivity index is 1.74. The van der Waals surface area contributed by atoms with Gasteiger partial charge in [0.1, 0.15) is 5.78 Å². The van der Waals surface area contributed by atoms with Gasteiger partial charge in [0.2, 0.25) is 0 Å². The molecular formula is C10H14O. The molecule has 0 heterocycles. The molecule has 3 rings (SSSR count). The van der Waals surface area contributed by atoms with Gasteiger partial charge < -0.3 is 0 Å². The summed E-state index contributed by atoms with van der Waals surface area (Å²) in [6.45, 7) is 0. The second-order valence-corrected chi connectivity index (χ2v) is 4.91. The van der Waals surface area contributed by atoms with Gasteiger partial charge in [-0.1, -0.05) is 6.42 Å². The van der Waals surface area contributed by atoms with Crippen molar-refractivity contribution in [1.29, 1.82) is 0 Å². The van der Waals surface area contributed by atoms with Gasteiger partial charge in [-0.05, 0) is 37.5 Å². The summed E-state index contributed by atoms with van der Waals surface area (Å²) < 4.78 is 0. The van der Waals surface area contributed by atoms with Crippen LogP contribution in [0.3, 0.4) is 0 Å². The molecule has 0 radical (unpaired) electrons. The Labute approximate surface area is 67.2 Å². The lowest BCUT2D eigenvalue weighted by atomic mass is 9.39. The normalized spacial score (nSPS) is 36.2. The quantitative estimate of drug-likeness (QED) is 0.518. The lowest BCUT2D eigenvalue weighted by Gasteiger charge is -2.63. The molecule has 60 valence electrons. The minimum Gasteiger partial charge on any atom is -0.299 e.